The average molecular weight is 781 g/mol. The number of esters is 2. The minimum Gasteiger partial charge on any atom is -0.462 e. The molecular weight excluding hydrogens is 708 g/mol. The monoisotopic (exact) mass is 780 g/mol. The molecule has 2 aliphatic heterocycles. The molecule has 318 valence electrons. The van der Waals surface area contributed by atoms with Gasteiger partial charge in [-0.15, -0.1) is 0 Å². The van der Waals surface area contributed by atoms with Gasteiger partial charge in [0.05, 0.1) is 19.8 Å². The van der Waals surface area contributed by atoms with E-state index in [2.05, 4.69) is 13.8 Å². The minimum absolute atomic E-state index is 0.171. The third kappa shape index (κ3) is 18.6. The van der Waals surface area contributed by atoms with Crippen molar-refractivity contribution in [1.29, 1.82) is 0 Å². The van der Waals surface area contributed by atoms with E-state index in [9.17, 15) is 45.3 Å². The number of rotatable bonds is 30. The molecule has 4 unspecified atom stereocenters. The lowest BCUT2D eigenvalue weighted by Crippen LogP contribution is -2.61. The van der Waals surface area contributed by atoms with E-state index in [1.165, 1.54) is 64.2 Å². The first-order valence-corrected chi connectivity index (χ1v) is 20.6. The summed E-state index contributed by atoms with van der Waals surface area (Å²) in [5.74, 6) is -0.928. The van der Waals surface area contributed by atoms with E-state index in [-0.39, 0.29) is 26.1 Å². The highest BCUT2D eigenvalue weighted by Gasteiger charge is 2.47. The van der Waals surface area contributed by atoms with Crippen LogP contribution in [0.4, 0.5) is 0 Å². The molecule has 0 radical (unpaired) electrons. The third-order valence-corrected chi connectivity index (χ3v) is 10.1. The first-order valence-electron chi connectivity index (χ1n) is 20.6. The summed E-state index contributed by atoms with van der Waals surface area (Å²) in [7, 11) is 0. The average Bonchev–Trinajstić information content (AvgIpc) is 3.16. The number of aliphatic hydroxyl groups excluding tert-OH is 7. The van der Waals surface area contributed by atoms with Gasteiger partial charge in [-0.05, 0) is 12.8 Å². The van der Waals surface area contributed by atoms with Crippen molar-refractivity contribution in [2.75, 3.05) is 26.4 Å². The van der Waals surface area contributed by atoms with Crippen molar-refractivity contribution in [3.05, 3.63) is 0 Å². The maximum atomic E-state index is 12.8. The second kappa shape index (κ2) is 28.8. The van der Waals surface area contributed by atoms with Crippen LogP contribution < -0.4 is 0 Å². The van der Waals surface area contributed by atoms with Crippen LogP contribution in [0.2, 0.25) is 0 Å². The molecule has 11 atom stereocenters. The number of hydrogen-bond acceptors (Lipinski definition) is 15. The largest absolute Gasteiger partial charge is 0.462 e. The van der Waals surface area contributed by atoms with Gasteiger partial charge < -0.3 is 64.2 Å². The molecule has 2 saturated heterocycles. The zero-order chi connectivity index (χ0) is 39.7. The van der Waals surface area contributed by atoms with E-state index in [1.807, 2.05) is 0 Å². The van der Waals surface area contributed by atoms with Gasteiger partial charge in [-0.2, -0.15) is 0 Å². The number of carbonyl (C=O) groups is 2. The Morgan fingerprint density at radius 1 is 0.519 bits per heavy atom. The van der Waals surface area contributed by atoms with E-state index in [0.717, 1.165) is 38.5 Å². The Morgan fingerprint density at radius 2 is 0.944 bits per heavy atom. The summed E-state index contributed by atoms with van der Waals surface area (Å²) in [5, 5.41) is 71.5. The highest BCUT2D eigenvalue weighted by Crippen LogP contribution is 2.26. The van der Waals surface area contributed by atoms with Crippen LogP contribution in [0, 0.1) is 0 Å². The van der Waals surface area contributed by atoms with Crippen LogP contribution in [0.1, 0.15) is 142 Å². The topological polar surface area (TPSA) is 231 Å². The van der Waals surface area contributed by atoms with Gasteiger partial charge in [-0.1, -0.05) is 117 Å². The molecule has 0 saturated carbocycles. The van der Waals surface area contributed by atoms with Crippen molar-refractivity contribution >= 4 is 11.9 Å². The van der Waals surface area contributed by atoms with E-state index in [4.69, 9.17) is 28.4 Å². The molecule has 0 aromatic carbocycles. The predicted molar refractivity (Wildman–Crippen MR) is 197 cm³/mol. The van der Waals surface area contributed by atoms with Crippen molar-refractivity contribution in [1.82, 2.24) is 0 Å². The lowest BCUT2D eigenvalue weighted by Gasteiger charge is -2.42. The van der Waals surface area contributed by atoms with E-state index >= 15 is 0 Å². The smallest absolute Gasteiger partial charge is 0.306 e. The fourth-order valence-electron chi connectivity index (χ4n) is 6.57. The van der Waals surface area contributed by atoms with Crippen molar-refractivity contribution in [3.8, 4) is 0 Å². The van der Waals surface area contributed by atoms with Crippen LogP contribution >= 0.6 is 0 Å². The van der Waals surface area contributed by atoms with Gasteiger partial charge >= 0.3 is 11.9 Å². The summed E-state index contributed by atoms with van der Waals surface area (Å²) in [6.45, 7) is 2.51. The third-order valence-electron chi connectivity index (χ3n) is 10.1. The molecule has 2 heterocycles. The highest BCUT2D eigenvalue weighted by atomic mass is 16.7. The fraction of sp³-hybridized carbons (Fsp3) is 0.949. The Morgan fingerprint density at radius 3 is 1.44 bits per heavy atom. The molecule has 15 nitrogen and oxygen atoms in total. The molecule has 2 aliphatic rings. The summed E-state index contributed by atoms with van der Waals surface area (Å²) in [6.07, 6.45) is 3.26. The zero-order valence-electron chi connectivity index (χ0n) is 32.7. The number of carbonyl (C=O) groups excluding carboxylic acids is 2. The van der Waals surface area contributed by atoms with Crippen LogP contribution in [-0.4, -0.2) is 142 Å². The fourth-order valence-corrected chi connectivity index (χ4v) is 6.57. The first kappa shape index (κ1) is 48.6. The van der Waals surface area contributed by atoms with Gasteiger partial charge in [0.1, 0.15) is 55.4 Å². The molecule has 2 fully saturated rings. The van der Waals surface area contributed by atoms with Crippen LogP contribution in [0.15, 0.2) is 0 Å². The molecule has 0 amide bonds. The molecule has 15 heteroatoms. The maximum absolute atomic E-state index is 12.8. The Bertz CT molecular complexity index is 970. The van der Waals surface area contributed by atoms with Gasteiger partial charge in [0.2, 0.25) is 0 Å². The Labute approximate surface area is 321 Å². The normalized spacial score (nSPS) is 29.2. The summed E-state index contributed by atoms with van der Waals surface area (Å²) in [6, 6.07) is 0. The quantitative estimate of drug-likeness (QED) is 0.0411. The predicted octanol–water partition coefficient (Wildman–Crippen LogP) is 2.92. The van der Waals surface area contributed by atoms with E-state index in [0.29, 0.717) is 12.8 Å². The highest BCUT2D eigenvalue weighted by molar-refractivity contribution is 5.70. The van der Waals surface area contributed by atoms with Gasteiger partial charge in [0.25, 0.3) is 0 Å². The van der Waals surface area contributed by atoms with Crippen LogP contribution in [0.25, 0.3) is 0 Å². The first-order chi connectivity index (χ1) is 26.0. The number of ether oxygens (including phenoxy) is 6. The van der Waals surface area contributed by atoms with Crippen LogP contribution in [-0.2, 0) is 38.0 Å². The van der Waals surface area contributed by atoms with E-state index < -0.39 is 92.7 Å². The molecule has 7 N–H and O–H groups in total. The van der Waals surface area contributed by atoms with E-state index in [1.54, 1.807) is 0 Å². The summed E-state index contributed by atoms with van der Waals surface area (Å²) < 4.78 is 33.3. The molecular formula is C39H72O15. The summed E-state index contributed by atoms with van der Waals surface area (Å²) in [4.78, 5) is 25.4. The Balaban J connectivity index is 1.90. The zero-order valence-corrected chi connectivity index (χ0v) is 32.7. The van der Waals surface area contributed by atoms with Gasteiger partial charge in [-0.25, -0.2) is 0 Å². The van der Waals surface area contributed by atoms with Crippen molar-refractivity contribution < 1.29 is 73.8 Å². The summed E-state index contributed by atoms with van der Waals surface area (Å²) in [5.41, 5.74) is 0. The molecule has 0 bridgehead atoms. The van der Waals surface area contributed by atoms with Gasteiger partial charge in [-0.3, -0.25) is 9.59 Å². The van der Waals surface area contributed by atoms with Crippen molar-refractivity contribution in [3.63, 3.8) is 0 Å². The number of hydrogen-bond donors (Lipinski definition) is 7. The minimum atomic E-state index is -1.76. The summed E-state index contributed by atoms with van der Waals surface area (Å²) >= 11 is 0. The van der Waals surface area contributed by atoms with Gasteiger partial charge in [0, 0.05) is 12.8 Å². The Kier molecular flexibility index (Phi) is 26.0. The van der Waals surface area contributed by atoms with Crippen molar-refractivity contribution in [2.45, 2.75) is 210 Å². The lowest BCUT2D eigenvalue weighted by atomic mass is 9.98. The number of unbranched alkanes of at least 4 members (excludes halogenated alkanes) is 16. The molecule has 0 aromatic rings. The molecule has 2 rings (SSSR count). The second-order valence-corrected chi connectivity index (χ2v) is 14.8. The standard InChI is InChI=1S/C39H72O15/c1-3-5-7-9-11-13-14-16-18-20-22-31(42)52-27(24-49-30(41)21-19-17-15-12-10-8-6-4-2)25-50-38-37(48)35(46)33(44)29(54-38)26-51-39-36(47)34(45)32(43)28(23-40)53-39/h27-29,32-40,43-48H,3-26H2,1-2H3/t27-,28-,29-,32+,33+,34?,35?,36?,37?,38-,39-/m1/s1. The van der Waals surface area contributed by atoms with Crippen molar-refractivity contribution in [2.24, 2.45) is 0 Å². The maximum Gasteiger partial charge on any atom is 0.306 e. The molecule has 0 spiro atoms. The van der Waals surface area contributed by atoms with Gasteiger partial charge in [0.15, 0.2) is 18.7 Å². The second-order valence-electron chi connectivity index (χ2n) is 14.8. The van der Waals surface area contributed by atoms with Crippen LogP contribution in [0.3, 0.4) is 0 Å². The Hall–Kier alpha value is -1.50. The molecule has 54 heavy (non-hydrogen) atoms. The number of aliphatic hydroxyl groups is 7. The molecule has 0 aliphatic carbocycles. The SMILES string of the molecule is CCCCCCCCCCCCC(=O)O[C@H](COC(=O)CCCCCCCCCC)CO[C@@H]1O[C@H](CO[C@@H]2O[C@H](CO)[C@H](O)C(O)C2O)[C@H](O)C(O)C1O. The lowest BCUT2D eigenvalue weighted by molar-refractivity contribution is -0.332. The van der Waals surface area contributed by atoms with Crippen LogP contribution in [0.5, 0.6) is 0 Å². The molecule has 0 aromatic heterocycles.